The number of piperidine rings is 1. The van der Waals surface area contributed by atoms with Crippen molar-refractivity contribution in [2.24, 2.45) is 11.8 Å². The van der Waals surface area contributed by atoms with Gasteiger partial charge >= 0.3 is 12.1 Å². The minimum Gasteiger partial charge on any atom is -0.458 e. The molecule has 4 aliphatic rings. The second-order valence-electron chi connectivity index (χ2n) is 15.7. The number of Topliss-reactive ketones (excluding diaryl/α,β-unsaturated/α-hetero) is 1. The average Bonchev–Trinajstić information content (AvgIpc) is 3.38. The fourth-order valence-electron chi connectivity index (χ4n) is 8.62. The Hall–Kier alpha value is -1.87. The minimum absolute atomic E-state index is 0.0358. The smallest absolute Gasteiger partial charge is 0.408 e. The minimum atomic E-state index is -1.14. The van der Waals surface area contributed by atoms with Gasteiger partial charge in [0.25, 0.3) is 0 Å². The lowest BCUT2D eigenvalue weighted by Gasteiger charge is -2.49. The summed E-state index contributed by atoms with van der Waals surface area (Å²) in [5.74, 6) is -1.86. The molecule has 4 rings (SSSR count). The normalized spacial score (nSPS) is 42.7. The highest BCUT2D eigenvalue weighted by Gasteiger charge is 2.55. The molecule has 4 saturated heterocycles. The number of hydrogen-bond donors (Lipinski definition) is 3. The zero-order valence-corrected chi connectivity index (χ0v) is 31.5. The molecule has 13 atom stereocenters. The van der Waals surface area contributed by atoms with E-state index in [-0.39, 0.29) is 35.9 Å². The topological polar surface area (TPSA) is 148 Å². The Morgan fingerprint density at radius 3 is 2.39 bits per heavy atom. The van der Waals surface area contributed by atoms with Crippen LogP contribution in [0.5, 0.6) is 0 Å². The predicted molar refractivity (Wildman–Crippen MR) is 184 cm³/mol. The van der Waals surface area contributed by atoms with E-state index in [0.717, 1.165) is 25.9 Å². The summed E-state index contributed by atoms with van der Waals surface area (Å²) in [6.07, 6.45) is 0.136. The number of esters is 1. The van der Waals surface area contributed by atoms with E-state index in [9.17, 15) is 19.5 Å². The molecule has 13 nitrogen and oxygen atoms in total. The molecule has 13 heteroatoms. The molecule has 0 aromatic heterocycles. The number of methoxy groups -OCH3 is 1. The van der Waals surface area contributed by atoms with Crippen LogP contribution in [0.15, 0.2) is 0 Å². The second kappa shape index (κ2) is 16.6. The van der Waals surface area contributed by atoms with Gasteiger partial charge in [-0.1, -0.05) is 27.2 Å². The van der Waals surface area contributed by atoms with Gasteiger partial charge in [0, 0.05) is 31.2 Å². The third-order valence-electron chi connectivity index (χ3n) is 11.8. The number of aliphatic hydroxyl groups excluding tert-OH is 1. The number of cyclic esters (lactones) is 1. The van der Waals surface area contributed by atoms with E-state index in [2.05, 4.69) is 29.4 Å². The van der Waals surface area contributed by atoms with Crippen molar-refractivity contribution in [3.05, 3.63) is 0 Å². The van der Waals surface area contributed by atoms with E-state index in [1.165, 1.54) is 6.42 Å². The number of likely N-dealkylation sites (tertiary alicyclic amines) is 1. The lowest BCUT2D eigenvalue weighted by molar-refractivity contribution is -0.303. The van der Waals surface area contributed by atoms with Gasteiger partial charge in [-0.05, 0) is 99.4 Å². The molecule has 0 saturated carbocycles. The summed E-state index contributed by atoms with van der Waals surface area (Å²) in [5.41, 5.74) is -2.14. The van der Waals surface area contributed by atoms with Crippen LogP contribution < -0.4 is 10.6 Å². The molecule has 0 aliphatic carbocycles. The molecule has 4 heterocycles. The van der Waals surface area contributed by atoms with Crippen LogP contribution >= 0.6 is 0 Å². The van der Waals surface area contributed by atoms with E-state index in [1.807, 2.05) is 39.8 Å². The SMILES string of the molecule is CC[C@H]1OC(=O)CC(=O)[C@H](C)[C@@H](O[C@@H]2O[C@H]([C@@H](C)N3CCCCC3)CC(N(C)C)[C@H]2O)[C@](C)(OC)C[C@@H](C)CN[C@H](C)[C@H]2NC(=O)O[C@@]21C. The Morgan fingerprint density at radius 2 is 1.78 bits per heavy atom. The van der Waals surface area contributed by atoms with E-state index in [1.54, 1.807) is 21.0 Å². The van der Waals surface area contributed by atoms with E-state index < -0.39 is 66.2 Å². The molecule has 282 valence electrons. The number of nitrogens with one attached hydrogen (secondary N) is 2. The highest BCUT2D eigenvalue weighted by molar-refractivity contribution is 5.97. The summed E-state index contributed by atoms with van der Waals surface area (Å²) >= 11 is 0. The first kappa shape index (κ1) is 39.9. The van der Waals surface area contributed by atoms with Gasteiger partial charge in [-0.25, -0.2) is 4.79 Å². The number of alkyl carbamates (subject to hydrolysis) is 1. The molecule has 0 aromatic rings. The zero-order valence-electron chi connectivity index (χ0n) is 31.5. The fraction of sp³-hybridized carbons (Fsp3) is 0.917. The quantitative estimate of drug-likeness (QED) is 0.266. The van der Waals surface area contributed by atoms with Crippen molar-refractivity contribution < 1.29 is 43.2 Å². The van der Waals surface area contributed by atoms with Crippen molar-refractivity contribution in [1.29, 1.82) is 0 Å². The summed E-state index contributed by atoms with van der Waals surface area (Å²) in [5, 5.41) is 18.1. The largest absolute Gasteiger partial charge is 0.458 e. The molecule has 1 amide bonds. The first-order chi connectivity index (χ1) is 23.0. The number of nitrogens with zero attached hydrogens (tertiary/aromatic N) is 2. The third-order valence-corrected chi connectivity index (χ3v) is 11.8. The first-order valence-electron chi connectivity index (χ1n) is 18.4. The summed E-state index contributed by atoms with van der Waals surface area (Å²) in [4.78, 5) is 44.3. The monoisotopic (exact) mass is 696 g/mol. The van der Waals surface area contributed by atoms with Gasteiger partial charge in [0.2, 0.25) is 0 Å². The van der Waals surface area contributed by atoms with Crippen LogP contribution in [0, 0.1) is 11.8 Å². The van der Waals surface area contributed by atoms with Crippen molar-refractivity contribution in [2.45, 2.75) is 159 Å². The van der Waals surface area contributed by atoms with Crippen LogP contribution in [0.25, 0.3) is 0 Å². The molecule has 0 bridgehead atoms. The van der Waals surface area contributed by atoms with E-state index >= 15 is 0 Å². The van der Waals surface area contributed by atoms with Crippen molar-refractivity contribution >= 4 is 17.8 Å². The second-order valence-corrected chi connectivity index (χ2v) is 15.7. The predicted octanol–water partition coefficient (Wildman–Crippen LogP) is 2.86. The van der Waals surface area contributed by atoms with Gasteiger partial charge in [0.05, 0.1) is 23.9 Å². The molecule has 3 N–H and O–H groups in total. The maximum absolute atomic E-state index is 14.0. The maximum Gasteiger partial charge on any atom is 0.408 e. The van der Waals surface area contributed by atoms with Crippen LogP contribution in [-0.2, 0) is 33.3 Å². The molecule has 0 spiro atoms. The molecular formula is C36H64N4O9. The van der Waals surface area contributed by atoms with Gasteiger partial charge in [-0.3, -0.25) is 14.5 Å². The number of fused-ring (bicyclic) bond motifs is 1. The zero-order chi connectivity index (χ0) is 36.3. The lowest BCUT2D eigenvalue weighted by Crippen LogP contribution is -2.61. The van der Waals surface area contributed by atoms with Gasteiger partial charge < -0.3 is 44.3 Å². The van der Waals surface area contributed by atoms with Gasteiger partial charge in [-0.2, -0.15) is 0 Å². The number of carbonyl (C=O) groups is 3. The van der Waals surface area contributed by atoms with Crippen molar-refractivity contribution in [1.82, 2.24) is 20.4 Å². The Morgan fingerprint density at radius 1 is 1.10 bits per heavy atom. The summed E-state index contributed by atoms with van der Waals surface area (Å²) in [6.45, 7) is 16.1. The molecular weight excluding hydrogens is 632 g/mol. The Bertz CT molecular complexity index is 1140. The summed E-state index contributed by atoms with van der Waals surface area (Å²) in [6, 6.07) is -0.825. The number of carbonyl (C=O) groups excluding carboxylic acids is 3. The Kier molecular flexibility index (Phi) is 13.6. The van der Waals surface area contributed by atoms with Crippen LogP contribution in [0.4, 0.5) is 4.79 Å². The Labute approximate surface area is 293 Å². The first-order valence-corrected chi connectivity index (χ1v) is 18.4. The number of ketones is 1. The average molecular weight is 697 g/mol. The highest BCUT2D eigenvalue weighted by atomic mass is 16.7. The number of rotatable bonds is 7. The number of amides is 1. The van der Waals surface area contributed by atoms with E-state index in [0.29, 0.717) is 25.8 Å². The maximum atomic E-state index is 14.0. The molecule has 49 heavy (non-hydrogen) atoms. The standard InChI is InChI=1S/C36H64N4O9/c1-11-28-36(7)31(38-34(44)49-36)23(4)37-20-21(2)19-35(6,45-10)32(22(3)26(41)18-29(42)47-28)48-33-30(43)25(39(8)9)17-27(46-33)24(5)40-15-13-12-14-16-40/h21-25,27-28,30-33,37,43H,11-20H2,1-10H3,(H,38,44)/t21-,22+,23-,24-,25?,27+,28-,30-,31-,32-,33+,35-,36-/m1/s1. The van der Waals surface area contributed by atoms with Crippen molar-refractivity contribution in [2.75, 3.05) is 40.8 Å². The van der Waals surface area contributed by atoms with Crippen molar-refractivity contribution in [3.8, 4) is 0 Å². The van der Waals surface area contributed by atoms with Crippen LogP contribution in [-0.4, -0.2) is 140 Å². The van der Waals surface area contributed by atoms with Crippen LogP contribution in [0.3, 0.4) is 0 Å². The molecule has 4 fully saturated rings. The molecule has 4 aliphatic heterocycles. The molecule has 1 unspecified atom stereocenters. The Balaban J connectivity index is 1.65. The lowest BCUT2D eigenvalue weighted by atomic mass is 9.80. The summed E-state index contributed by atoms with van der Waals surface area (Å²) < 4.78 is 31.3. The van der Waals surface area contributed by atoms with E-state index in [4.69, 9.17) is 23.7 Å². The number of ether oxygens (including phenoxy) is 5. The number of likely N-dealkylation sites (N-methyl/N-ethyl adjacent to an activating group) is 1. The number of hydrogen-bond acceptors (Lipinski definition) is 12. The van der Waals surface area contributed by atoms with Gasteiger partial charge in [-0.15, -0.1) is 0 Å². The highest BCUT2D eigenvalue weighted by Crippen LogP contribution is 2.38. The molecule has 0 aromatic carbocycles. The number of aliphatic hydroxyl groups is 1. The van der Waals surface area contributed by atoms with Gasteiger partial charge in [0.15, 0.2) is 11.9 Å². The van der Waals surface area contributed by atoms with Crippen molar-refractivity contribution in [3.63, 3.8) is 0 Å². The fourth-order valence-corrected chi connectivity index (χ4v) is 8.62. The van der Waals surface area contributed by atoms with Crippen LogP contribution in [0.1, 0.15) is 93.4 Å². The molecule has 0 radical (unpaired) electrons. The third kappa shape index (κ3) is 8.96. The van der Waals surface area contributed by atoms with Gasteiger partial charge in [0.1, 0.15) is 24.4 Å². The van der Waals surface area contributed by atoms with Crippen LogP contribution in [0.2, 0.25) is 0 Å². The summed E-state index contributed by atoms with van der Waals surface area (Å²) in [7, 11) is 5.50.